The van der Waals surface area contributed by atoms with Gasteiger partial charge in [-0.2, -0.15) is 5.10 Å². The molecule has 0 aliphatic heterocycles. The standard InChI is InChI=1S/C17H23N3O2/c1-11-8-13(10-20-15(11)18-12(2)19-20)9-17(3)6-4-14(5-7-17)16(21)22/h8,10,14H,4-7,9H2,1-3H3,(H,21,22). The predicted octanol–water partition coefficient (Wildman–Crippen LogP) is 3.17. The molecule has 0 unspecified atom stereocenters. The lowest BCUT2D eigenvalue weighted by Gasteiger charge is -2.36. The van der Waals surface area contributed by atoms with Crippen LogP contribution in [0.2, 0.25) is 0 Å². The molecule has 1 aliphatic rings. The quantitative estimate of drug-likeness (QED) is 0.945. The SMILES string of the molecule is Cc1nc2c(C)cc(CC3(C)CCC(C(=O)O)CC3)cn2n1. The Morgan fingerprint density at radius 2 is 2.09 bits per heavy atom. The summed E-state index contributed by atoms with van der Waals surface area (Å²) in [5.41, 5.74) is 3.50. The number of hydrogen-bond acceptors (Lipinski definition) is 3. The Labute approximate surface area is 130 Å². The van der Waals surface area contributed by atoms with E-state index in [1.165, 1.54) is 5.56 Å². The lowest BCUT2D eigenvalue weighted by atomic mass is 9.69. The zero-order valence-corrected chi connectivity index (χ0v) is 13.5. The summed E-state index contributed by atoms with van der Waals surface area (Å²) < 4.78 is 1.87. The van der Waals surface area contributed by atoms with Crippen molar-refractivity contribution in [1.82, 2.24) is 14.6 Å². The van der Waals surface area contributed by atoms with Gasteiger partial charge in [-0.05, 0) is 62.5 Å². The van der Waals surface area contributed by atoms with Crippen molar-refractivity contribution < 1.29 is 9.90 Å². The second-order valence-corrected chi connectivity index (χ2v) is 7.06. The van der Waals surface area contributed by atoms with E-state index in [1.807, 2.05) is 11.4 Å². The Hall–Kier alpha value is -1.91. The number of carboxylic acid groups (broad SMARTS) is 1. The summed E-state index contributed by atoms with van der Waals surface area (Å²) in [7, 11) is 0. The number of aryl methyl sites for hydroxylation is 2. The summed E-state index contributed by atoms with van der Waals surface area (Å²) >= 11 is 0. The van der Waals surface area contributed by atoms with Gasteiger partial charge in [-0.15, -0.1) is 0 Å². The lowest BCUT2D eigenvalue weighted by Crippen LogP contribution is -2.30. The van der Waals surface area contributed by atoms with Crippen LogP contribution in [-0.4, -0.2) is 25.7 Å². The normalized spacial score (nSPS) is 25.5. The van der Waals surface area contributed by atoms with Gasteiger partial charge in [-0.1, -0.05) is 13.0 Å². The van der Waals surface area contributed by atoms with Gasteiger partial charge in [0.1, 0.15) is 5.82 Å². The van der Waals surface area contributed by atoms with Crippen molar-refractivity contribution in [1.29, 1.82) is 0 Å². The number of nitrogens with zero attached hydrogens (tertiary/aromatic N) is 3. The molecule has 2 heterocycles. The molecule has 1 saturated carbocycles. The predicted molar refractivity (Wildman–Crippen MR) is 83.9 cm³/mol. The van der Waals surface area contributed by atoms with Crippen molar-refractivity contribution >= 4 is 11.6 Å². The van der Waals surface area contributed by atoms with E-state index >= 15 is 0 Å². The monoisotopic (exact) mass is 301 g/mol. The number of pyridine rings is 1. The first-order valence-corrected chi connectivity index (χ1v) is 7.92. The van der Waals surface area contributed by atoms with Crippen LogP contribution in [0.3, 0.4) is 0 Å². The van der Waals surface area contributed by atoms with Crippen LogP contribution in [0.5, 0.6) is 0 Å². The molecule has 0 aromatic carbocycles. The molecule has 2 aromatic rings. The van der Waals surface area contributed by atoms with E-state index in [-0.39, 0.29) is 11.3 Å². The summed E-state index contributed by atoms with van der Waals surface area (Å²) in [6, 6.07) is 2.19. The smallest absolute Gasteiger partial charge is 0.306 e. The fourth-order valence-electron chi connectivity index (χ4n) is 3.65. The van der Waals surface area contributed by atoms with E-state index in [0.717, 1.165) is 49.1 Å². The molecule has 118 valence electrons. The third kappa shape index (κ3) is 2.85. The molecule has 5 heteroatoms. The van der Waals surface area contributed by atoms with Gasteiger partial charge in [0, 0.05) is 6.20 Å². The lowest BCUT2D eigenvalue weighted by molar-refractivity contribution is -0.143. The van der Waals surface area contributed by atoms with Gasteiger partial charge in [-0.25, -0.2) is 9.50 Å². The number of carbonyl (C=O) groups is 1. The molecule has 5 nitrogen and oxygen atoms in total. The molecule has 0 atom stereocenters. The van der Waals surface area contributed by atoms with Crippen LogP contribution in [0.4, 0.5) is 0 Å². The maximum absolute atomic E-state index is 11.1. The van der Waals surface area contributed by atoms with Crippen LogP contribution < -0.4 is 0 Å². The van der Waals surface area contributed by atoms with Gasteiger partial charge in [0.2, 0.25) is 0 Å². The molecule has 0 bridgehead atoms. The molecule has 0 radical (unpaired) electrons. The zero-order chi connectivity index (χ0) is 15.9. The number of carboxylic acids is 1. The highest BCUT2D eigenvalue weighted by molar-refractivity contribution is 5.70. The highest BCUT2D eigenvalue weighted by Crippen LogP contribution is 2.41. The minimum atomic E-state index is -0.641. The van der Waals surface area contributed by atoms with Crippen LogP contribution in [0, 0.1) is 25.2 Å². The van der Waals surface area contributed by atoms with E-state index in [9.17, 15) is 4.79 Å². The van der Waals surface area contributed by atoms with Gasteiger partial charge in [0.15, 0.2) is 5.65 Å². The Morgan fingerprint density at radius 3 is 2.73 bits per heavy atom. The molecule has 0 spiro atoms. The van der Waals surface area contributed by atoms with Gasteiger partial charge >= 0.3 is 5.97 Å². The summed E-state index contributed by atoms with van der Waals surface area (Å²) in [4.78, 5) is 15.5. The molecule has 0 saturated heterocycles. The first-order chi connectivity index (χ1) is 10.4. The first kappa shape index (κ1) is 15.0. The second-order valence-electron chi connectivity index (χ2n) is 7.06. The molecular formula is C17H23N3O2. The van der Waals surface area contributed by atoms with Crippen LogP contribution >= 0.6 is 0 Å². The average Bonchev–Trinajstić information content (AvgIpc) is 2.80. The molecule has 2 aromatic heterocycles. The van der Waals surface area contributed by atoms with Crippen molar-refractivity contribution in [2.75, 3.05) is 0 Å². The van der Waals surface area contributed by atoms with Crippen LogP contribution in [0.1, 0.15) is 49.6 Å². The number of hydrogen-bond donors (Lipinski definition) is 1. The third-order valence-corrected chi connectivity index (χ3v) is 4.95. The number of rotatable bonds is 3. The van der Waals surface area contributed by atoms with Gasteiger partial charge in [0.25, 0.3) is 0 Å². The van der Waals surface area contributed by atoms with E-state index in [0.29, 0.717) is 0 Å². The van der Waals surface area contributed by atoms with Gasteiger partial charge in [0.05, 0.1) is 5.92 Å². The average molecular weight is 301 g/mol. The largest absolute Gasteiger partial charge is 0.481 e. The van der Waals surface area contributed by atoms with Crippen molar-refractivity contribution in [2.45, 2.75) is 52.9 Å². The Bertz CT molecular complexity index is 712. The molecule has 3 rings (SSSR count). The zero-order valence-electron chi connectivity index (χ0n) is 13.5. The summed E-state index contributed by atoms with van der Waals surface area (Å²) in [6.45, 7) is 6.24. The second kappa shape index (κ2) is 5.38. The maximum Gasteiger partial charge on any atom is 0.306 e. The topological polar surface area (TPSA) is 67.5 Å². The van der Waals surface area contributed by atoms with E-state index in [1.54, 1.807) is 0 Å². The van der Waals surface area contributed by atoms with Crippen LogP contribution in [-0.2, 0) is 11.2 Å². The van der Waals surface area contributed by atoms with Crippen molar-refractivity contribution in [2.24, 2.45) is 11.3 Å². The number of aromatic nitrogens is 3. The van der Waals surface area contributed by atoms with E-state index in [4.69, 9.17) is 5.11 Å². The molecule has 0 amide bonds. The van der Waals surface area contributed by atoms with Gasteiger partial charge in [-0.3, -0.25) is 4.79 Å². The summed E-state index contributed by atoms with van der Waals surface area (Å²) in [5, 5.41) is 13.6. The molecule has 22 heavy (non-hydrogen) atoms. The highest BCUT2D eigenvalue weighted by Gasteiger charge is 2.34. The fraction of sp³-hybridized carbons (Fsp3) is 0.588. The summed E-state index contributed by atoms with van der Waals surface area (Å²) in [5.74, 6) is -0.0129. The fourth-order valence-corrected chi connectivity index (χ4v) is 3.65. The van der Waals surface area contributed by atoms with Crippen LogP contribution in [0.25, 0.3) is 5.65 Å². The number of fused-ring (bicyclic) bond motifs is 1. The summed E-state index contributed by atoms with van der Waals surface area (Å²) in [6.07, 6.45) is 6.55. The molecule has 1 aliphatic carbocycles. The molecule has 1 N–H and O–H groups in total. The highest BCUT2D eigenvalue weighted by atomic mass is 16.4. The van der Waals surface area contributed by atoms with Crippen LogP contribution in [0.15, 0.2) is 12.3 Å². The Kier molecular flexibility index (Phi) is 3.67. The minimum Gasteiger partial charge on any atom is -0.481 e. The minimum absolute atomic E-state index is 0.157. The first-order valence-electron chi connectivity index (χ1n) is 7.92. The third-order valence-electron chi connectivity index (χ3n) is 4.95. The van der Waals surface area contributed by atoms with Crippen molar-refractivity contribution in [3.05, 3.63) is 29.2 Å². The molecular weight excluding hydrogens is 278 g/mol. The van der Waals surface area contributed by atoms with E-state index in [2.05, 4.69) is 36.2 Å². The van der Waals surface area contributed by atoms with Gasteiger partial charge < -0.3 is 5.11 Å². The number of aliphatic carboxylic acids is 1. The Morgan fingerprint density at radius 1 is 1.41 bits per heavy atom. The maximum atomic E-state index is 11.1. The van der Waals surface area contributed by atoms with Crippen molar-refractivity contribution in [3.63, 3.8) is 0 Å². The van der Waals surface area contributed by atoms with E-state index < -0.39 is 5.97 Å². The van der Waals surface area contributed by atoms with Crippen molar-refractivity contribution in [3.8, 4) is 0 Å². The molecule has 1 fully saturated rings. The Balaban J connectivity index is 1.79.